The lowest BCUT2D eigenvalue weighted by Crippen LogP contribution is -2.07. The number of nitrogens with one attached hydrogen (secondary N) is 1. The summed E-state index contributed by atoms with van der Waals surface area (Å²) >= 11 is 0. The Morgan fingerprint density at radius 1 is 1.16 bits per heavy atom. The molecule has 2 heterocycles. The first-order valence-electron chi connectivity index (χ1n) is 8.04. The van der Waals surface area contributed by atoms with Crippen LogP contribution in [0.25, 0.3) is 16.6 Å². The predicted molar refractivity (Wildman–Crippen MR) is 95.7 cm³/mol. The van der Waals surface area contributed by atoms with E-state index in [9.17, 15) is 4.79 Å². The molecule has 124 valence electrons. The van der Waals surface area contributed by atoms with E-state index >= 15 is 0 Å². The number of benzene rings is 2. The smallest absolute Gasteiger partial charge is 0.338 e. The predicted octanol–water partition coefficient (Wildman–Crippen LogP) is 4.02. The Bertz CT molecular complexity index is 1030. The first-order valence-corrected chi connectivity index (χ1v) is 8.04. The van der Waals surface area contributed by atoms with Crippen molar-refractivity contribution in [2.45, 2.75) is 13.5 Å². The summed E-state index contributed by atoms with van der Waals surface area (Å²) in [7, 11) is 0. The van der Waals surface area contributed by atoms with E-state index in [1.54, 1.807) is 6.20 Å². The summed E-state index contributed by atoms with van der Waals surface area (Å²) in [6, 6.07) is 15.5. The molecule has 0 saturated heterocycles. The summed E-state index contributed by atoms with van der Waals surface area (Å²) in [5, 5.41) is 7.89. The molecule has 0 bridgehead atoms. The van der Waals surface area contributed by atoms with Gasteiger partial charge in [-0.15, -0.1) is 0 Å². The number of hydrogen-bond donors (Lipinski definition) is 1. The van der Waals surface area contributed by atoms with Crippen molar-refractivity contribution in [2.75, 3.05) is 0 Å². The second-order valence-electron chi connectivity index (χ2n) is 5.96. The number of H-pyrrole nitrogens is 1. The van der Waals surface area contributed by atoms with Gasteiger partial charge in [-0.05, 0) is 60.5 Å². The maximum absolute atomic E-state index is 12.4. The molecule has 0 saturated carbocycles. The van der Waals surface area contributed by atoms with Crippen LogP contribution in [-0.4, -0.2) is 20.7 Å². The summed E-state index contributed by atoms with van der Waals surface area (Å²) in [6.45, 7) is 2.15. The molecular formula is C20H17N3O2. The van der Waals surface area contributed by atoms with Crippen molar-refractivity contribution in [1.82, 2.24) is 14.8 Å². The molecule has 0 aliphatic heterocycles. The SMILES string of the molecule is Cc1cc(-n2cccc2)ccc1C(=O)OCc1ccc2[nH]ncc2c1. The normalized spacial score (nSPS) is 10.9. The molecule has 4 aromatic rings. The first kappa shape index (κ1) is 15.2. The van der Waals surface area contributed by atoms with Crippen LogP contribution < -0.4 is 0 Å². The zero-order valence-electron chi connectivity index (χ0n) is 13.8. The molecule has 0 spiro atoms. The van der Waals surface area contributed by atoms with E-state index in [1.807, 2.05) is 72.4 Å². The van der Waals surface area contributed by atoms with Gasteiger partial charge in [-0.25, -0.2) is 4.79 Å². The van der Waals surface area contributed by atoms with E-state index in [2.05, 4.69) is 10.2 Å². The highest BCUT2D eigenvalue weighted by Gasteiger charge is 2.12. The van der Waals surface area contributed by atoms with Gasteiger partial charge in [0, 0.05) is 23.5 Å². The van der Waals surface area contributed by atoms with E-state index in [-0.39, 0.29) is 12.6 Å². The van der Waals surface area contributed by atoms with Crippen LogP contribution in [-0.2, 0) is 11.3 Å². The van der Waals surface area contributed by atoms with E-state index in [4.69, 9.17) is 4.74 Å². The molecule has 2 aromatic carbocycles. The zero-order chi connectivity index (χ0) is 17.2. The third kappa shape index (κ3) is 3.04. The fourth-order valence-electron chi connectivity index (χ4n) is 2.85. The average molecular weight is 331 g/mol. The summed E-state index contributed by atoms with van der Waals surface area (Å²) in [5.74, 6) is -0.316. The minimum absolute atomic E-state index is 0.235. The van der Waals surface area contributed by atoms with Gasteiger partial charge in [0.15, 0.2) is 0 Å². The van der Waals surface area contributed by atoms with Gasteiger partial charge in [-0.2, -0.15) is 5.10 Å². The fourth-order valence-corrected chi connectivity index (χ4v) is 2.85. The van der Waals surface area contributed by atoms with Crippen LogP contribution in [0.15, 0.2) is 67.1 Å². The number of fused-ring (bicyclic) bond motifs is 1. The largest absolute Gasteiger partial charge is 0.457 e. The van der Waals surface area contributed by atoms with Gasteiger partial charge in [0.1, 0.15) is 6.61 Å². The standard InChI is InChI=1S/C20H17N3O2/c1-14-10-17(23-8-2-3-9-23)5-6-18(14)20(24)25-13-15-4-7-19-16(11-15)12-21-22-19/h2-12H,13H2,1H3,(H,21,22). The number of aryl methyl sites for hydroxylation is 1. The molecule has 5 nitrogen and oxygen atoms in total. The fraction of sp³-hybridized carbons (Fsp3) is 0.100. The number of nitrogens with zero attached hydrogens (tertiary/aromatic N) is 2. The number of carbonyl (C=O) groups excluding carboxylic acids is 1. The Hall–Kier alpha value is -3.34. The zero-order valence-corrected chi connectivity index (χ0v) is 13.8. The van der Waals surface area contributed by atoms with Crippen molar-refractivity contribution in [3.05, 3.63) is 83.8 Å². The first-order chi connectivity index (χ1) is 12.2. The lowest BCUT2D eigenvalue weighted by Gasteiger charge is -2.10. The summed E-state index contributed by atoms with van der Waals surface area (Å²) in [4.78, 5) is 12.4. The molecule has 4 rings (SSSR count). The molecule has 0 atom stereocenters. The van der Waals surface area contributed by atoms with Crippen LogP contribution >= 0.6 is 0 Å². The number of carbonyl (C=O) groups is 1. The molecule has 25 heavy (non-hydrogen) atoms. The average Bonchev–Trinajstić information content (AvgIpc) is 3.30. The highest BCUT2D eigenvalue weighted by Crippen LogP contribution is 2.18. The van der Waals surface area contributed by atoms with Gasteiger partial charge < -0.3 is 9.30 Å². The summed E-state index contributed by atoms with van der Waals surface area (Å²) in [5.41, 5.74) is 4.39. The minimum Gasteiger partial charge on any atom is -0.457 e. The van der Waals surface area contributed by atoms with E-state index in [0.717, 1.165) is 27.7 Å². The Balaban J connectivity index is 1.48. The van der Waals surface area contributed by atoms with Gasteiger partial charge in [0.2, 0.25) is 0 Å². The van der Waals surface area contributed by atoms with E-state index < -0.39 is 0 Å². The summed E-state index contributed by atoms with van der Waals surface area (Å²) in [6.07, 6.45) is 5.70. The Kier molecular flexibility index (Phi) is 3.82. The number of aromatic amines is 1. The Labute approximate surface area is 144 Å². The minimum atomic E-state index is -0.316. The topological polar surface area (TPSA) is 59.9 Å². The van der Waals surface area contributed by atoms with Crippen LogP contribution in [0.5, 0.6) is 0 Å². The number of ether oxygens (including phenoxy) is 1. The second kappa shape index (κ2) is 6.28. The molecule has 2 aromatic heterocycles. The van der Waals surface area contributed by atoms with Crippen LogP contribution in [0.2, 0.25) is 0 Å². The molecule has 0 aliphatic rings. The number of rotatable bonds is 4. The molecule has 0 aliphatic carbocycles. The number of hydrogen-bond acceptors (Lipinski definition) is 3. The maximum Gasteiger partial charge on any atom is 0.338 e. The van der Waals surface area contributed by atoms with Crippen molar-refractivity contribution in [3.63, 3.8) is 0 Å². The lowest BCUT2D eigenvalue weighted by atomic mass is 10.1. The van der Waals surface area contributed by atoms with Crippen molar-refractivity contribution >= 4 is 16.9 Å². The molecule has 5 heteroatoms. The van der Waals surface area contributed by atoms with Gasteiger partial charge in [-0.3, -0.25) is 5.10 Å². The molecule has 0 amide bonds. The molecule has 1 N–H and O–H groups in total. The molecule has 0 radical (unpaired) electrons. The third-order valence-electron chi connectivity index (χ3n) is 4.21. The van der Waals surface area contributed by atoms with Gasteiger partial charge in [0.25, 0.3) is 0 Å². The molecule has 0 fully saturated rings. The highest BCUT2D eigenvalue weighted by atomic mass is 16.5. The Morgan fingerprint density at radius 2 is 2.00 bits per heavy atom. The van der Waals surface area contributed by atoms with E-state index in [0.29, 0.717) is 5.56 Å². The van der Waals surface area contributed by atoms with Crippen molar-refractivity contribution in [3.8, 4) is 5.69 Å². The quantitative estimate of drug-likeness (QED) is 0.575. The third-order valence-corrected chi connectivity index (χ3v) is 4.21. The highest BCUT2D eigenvalue weighted by molar-refractivity contribution is 5.91. The lowest BCUT2D eigenvalue weighted by molar-refractivity contribution is 0.0472. The van der Waals surface area contributed by atoms with Crippen LogP contribution in [0.4, 0.5) is 0 Å². The van der Waals surface area contributed by atoms with Crippen LogP contribution in [0, 0.1) is 6.92 Å². The summed E-state index contributed by atoms with van der Waals surface area (Å²) < 4.78 is 7.48. The van der Waals surface area contributed by atoms with E-state index in [1.165, 1.54) is 0 Å². The number of esters is 1. The Morgan fingerprint density at radius 3 is 2.80 bits per heavy atom. The second-order valence-corrected chi connectivity index (χ2v) is 5.96. The number of aromatic nitrogens is 3. The van der Waals surface area contributed by atoms with Crippen molar-refractivity contribution < 1.29 is 9.53 Å². The van der Waals surface area contributed by atoms with Gasteiger partial charge in [-0.1, -0.05) is 6.07 Å². The monoisotopic (exact) mass is 331 g/mol. The van der Waals surface area contributed by atoms with Crippen LogP contribution in [0.1, 0.15) is 21.5 Å². The molecular weight excluding hydrogens is 314 g/mol. The van der Waals surface area contributed by atoms with Crippen molar-refractivity contribution in [2.24, 2.45) is 0 Å². The van der Waals surface area contributed by atoms with Crippen molar-refractivity contribution in [1.29, 1.82) is 0 Å². The van der Waals surface area contributed by atoms with Gasteiger partial charge >= 0.3 is 5.97 Å². The molecule has 0 unspecified atom stereocenters. The maximum atomic E-state index is 12.4. The van der Waals surface area contributed by atoms with Gasteiger partial charge in [0.05, 0.1) is 17.3 Å². The van der Waals surface area contributed by atoms with Crippen LogP contribution in [0.3, 0.4) is 0 Å².